The molecular weight excluding hydrogens is 221 g/mol. The van der Waals surface area contributed by atoms with Gasteiger partial charge >= 0.3 is 0 Å². The Bertz CT molecular complexity index is 346. The average molecular weight is 234 g/mol. The van der Waals surface area contributed by atoms with Crippen LogP contribution in [0.1, 0.15) is 18.0 Å². The van der Waals surface area contributed by atoms with Gasteiger partial charge in [-0.1, -0.05) is 11.6 Å². The first-order chi connectivity index (χ1) is 7.10. The minimum Gasteiger partial charge on any atom is -0.495 e. The van der Waals surface area contributed by atoms with Crippen molar-refractivity contribution in [2.75, 3.05) is 13.7 Å². The molecule has 3 N–H and O–H groups in total. The molecule has 1 aromatic carbocycles. The van der Waals surface area contributed by atoms with Crippen molar-refractivity contribution in [1.29, 1.82) is 0 Å². The molecule has 1 rings (SSSR count). The van der Waals surface area contributed by atoms with Gasteiger partial charge in [-0.3, -0.25) is 0 Å². The van der Waals surface area contributed by atoms with Gasteiger partial charge in [0.1, 0.15) is 16.6 Å². The molecule has 0 spiro atoms. The third-order valence-electron chi connectivity index (χ3n) is 2.11. The molecule has 0 bridgehead atoms. The third kappa shape index (κ3) is 2.81. The molecule has 0 heterocycles. The standard InChI is InChI=1S/C10H13ClFNO2/c1-15-9-5-6(8(13)2-3-14)4-7(12)10(9)11/h4-5,8,14H,2-3,13H2,1H3. The highest BCUT2D eigenvalue weighted by molar-refractivity contribution is 6.32. The second-order valence-corrected chi connectivity index (χ2v) is 3.52. The Morgan fingerprint density at radius 3 is 2.80 bits per heavy atom. The van der Waals surface area contributed by atoms with Crippen LogP contribution in [0.4, 0.5) is 4.39 Å². The zero-order chi connectivity index (χ0) is 11.4. The highest BCUT2D eigenvalue weighted by Crippen LogP contribution is 2.30. The quantitative estimate of drug-likeness (QED) is 0.835. The maximum absolute atomic E-state index is 13.3. The molecule has 84 valence electrons. The molecule has 0 saturated carbocycles. The van der Waals surface area contributed by atoms with Gasteiger partial charge in [0.2, 0.25) is 0 Å². The fourth-order valence-electron chi connectivity index (χ4n) is 1.25. The van der Waals surface area contributed by atoms with Crippen molar-refractivity contribution in [3.8, 4) is 5.75 Å². The number of aliphatic hydroxyl groups is 1. The van der Waals surface area contributed by atoms with Crippen molar-refractivity contribution in [3.05, 3.63) is 28.5 Å². The van der Waals surface area contributed by atoms with E-state index in [1.807, 2.05) is 0 Å². The van der Waals surface area contributed by atoms with Crippen molar-refractivity contribution in [2.45, 2.75) is 12.5 Å². The van der Waals surface area contributed by atoms with Crippen LogP contribution < -0.4 is 10.5 Å². The fraction of sp³-hybridized carbons (Fsp3) is 0.400. The van der Waals surface area contributed by atoms with Gasteiger partial charge < -0.3 is 15.6 Å². The predicted molar refractivity (Wildman–Crippen MR) is 56.6 cm³/mol. The van der Waals surface area contributed by atoms with Crippen LogP contribution in [-0.2, 0) is 0 Å². The first kappa shape index (κ1) is 12.2. The minimum absolute atomic E-state index is 0.0479. The van der Waals surface area contributed by atoms with Crippen LogP contribution in [-0.4, -0.2) is 18.8 Å². The number of aliphatic hydroxyl groups excluding tert-OH is 1. The molecule has 0 radical (unpaired) electrons. The topological polar surface area (TPSA) is 55.5 Å². The molecule has 0 aliphatic rings. The zero-order valence-corrected chi connectivity index (χ0v) is 9.09. The Morgan fingerprint density at radius 2 is 2.27 bits per heavy atom. The minimum atomic E-state index is -0.570. The van der Waals surface area contributed by atoms with E-state index in [0.29, 0.717) is 12.0 Å². The average Bonchev–Trinajstić information content (AvgIpc) is 2.22. The molecule has 0 fully saturated rings. The lowest BCUT2D eigenvalue weighted by molar-refractivity contribution is 0.276. The Balaban J connectivity index is 3.05. The number of methoxy groups -OCH3 is 1. The lowest BCUT2D eigenvalue weighted by Crippen LogP contribution is -2.12. The molecule has 0 aliphatic carbocycles. The van der Waals surface area contributed by atoms with E-state index in [4.69, 9.17) is 27.2 Å². The van der Waals surface area contributed by atoms with Crippen LogP contribution in [0.5, 0.6) is 5.75 Å². The van der Waals surface area contributed by atoms with Gasteiger partial charge in [-0.25, -0.2) is 4.39 Å². The van der Waals surface area contributed by atoms with Gasteiger partial charge in [0.05, 0.1) is 7.11 Å². The largest absolute Gasteiger partial charge is 0.495 e. The summed E-state index contributed by atoms with van der Waals surface area (Å²) >= 11 is 5.66. The van der Waals surface area contributed by atoms with Crippen molar-refractivity contribution in [1.82, 2.24) is 0 Å². The molecule has 0 amide bonds. The number of benzene rings is 1. The molecule has 0 aromatic heterocycles. The first-order valence-electron chi connectivity index (χ1n) is 4.49. The van der Waals surface area contributed by atoms with Gasteiger partial charge in [0.15, 0.2) is 0 Å². The smallest absolute Gasteiger partial charge is 0.145 e. The molecule has 5 heteroatoms. The van der Waals surface area contributed by atoms with Crippen LogP contribution in [0, 0.1) is 5.82 Å². The number of halogens is 2. The second kappa shape index (κ2) is 5.30. The normalized spacial score (nSPS) is 12.6. The van der Waals surface area contributed by atoms with E-state index in [1.165, 1.54) is 13.2 Å². The molecule has 1 atom stereocenters. The van der Waals surface area contributed by atoms with E-state index < -0.39 is 11.9 Å². The predicted octanol–water partition coefficient (Wildman–Crippen LogP) is 1.87. The summed E-state index contributed by atoms with van der Waals surface area (Å²) in [5.74, 6) is -0.320. The molecule has 3 nitrogen and oxygen atoms in total. The number of hydrogen-bond donors (Lipinski definition) is 2. The Labute approximate surface area is 92.6 Å². The van der Waals surface area contributed by atoms with Crippen LogP contribution in [0.2, 0.25) is 5.02 Å². The summed E-state index contributed by atoms with van der Waals surface area (Å²) in [6.45, 7) is -0.0479. The van der Waals surface area contributed by atoms with E-state index in [1.54, 1.807) is 6.07 Å². The van der Waals surface area contributed by atoms with Crippen molar-refractivity contribution < 1.29 is 14.2 Å². The summed E-state index contributed by atoms with van der Waals surface area (Å²) in [4.78, 5) is 0. The summed E-state index contributed by atoms with van der Waals surface area (Å²) in [7, 11) is 1.40. The zero-order valence-electron chi connectivity index (χ0n) is 8.34. The number of ether oxygens (including phenoxy) is 1. The van der Waals surface area contributed by atoms with Crippen LogP contribution in [0.3, 0.4) is 0 Å². The van der Waals surface area contributed by atoms with Crippen molar-refractivity contribution in [2.24, 2.45) is 5.73 Å². The fourth-order valence-corrected chi connectivity index (χ4v) is 1.44. The van der Waals surface area contributed by atoms with Gasteiger partial charge in [-0.15, -0.1) is 0 Å². The van der Waals surface area contributed by atoms with E-state index in [2.05, 4.69) is 0 Å². The summed E-state index contributed by atoms with van der Waals surface area (Å²) in [5.41, 5.74) is 6.28. The molecular formula is C10H13ClFNO2. The molecule has 1 aromatic rings. The van der Waals surface area contributed by atoms with E-state index in [-0.39, 0.29) is 17.4 Å². The molecule has 0 aliphatic heterocycles. The van der Waals surface area contributed by atoms with Crippen LogP contribution >= 0.6 is 11.6 Å². The lowest BCUT2D eigenvalue weighted by Gasteiger charge is -2.13. The molecule has 15 heavy (non-hydrogen) atoms. The Kier molecular flexibility index (Phi) is 4.32. The Morgan fingerprint density at radius 1 is 1.60 bits per heavy atom. The van der Waals surface area contributed by atoms with Crippen molar-refractivity contribution >= 4 is 11.6 Å². The van der Waals surface area contributed by atoms with Gasteiger partial charge in [-0.05, 0) is 24.1 Å². The monoisotopic (exact) mass is 233 g/mol. The second-order valence-electron chi connectivity index (χ2n) is 3.14. The highest BCUT2D eigenvalue weighted by atomic mass is 35.5. The molecule has 0 saturated heterocycles. The Hall–Kier alpha value is -0.840. The van der Waals surface area contributed by atoms with E-state index >= 15 is 0 Å². The van der Waals surface area contributed by atoms with Crippen LogP contribution in [0.15, 0.2) is 12.1 Å². The maximum Gasteiger partial charge on any atom is 0.145 e. The number of hydrogen-bond acceptors (Lipinski definition) is 3. The molecule has 1 unspecified atom stereocenters. The van der Waals surface area contributed by atoms with E-state index in [9.17, 15) is 4.39 Å². The number of nitrogens with two attached hydrogens (primary N) is 1. The summed E-state index contributed by atoms with van der Waals surface area (Å²) in [6, 6.07) is 2.41. The lowest BCUT2D eigenvalue weighted by atomic mass is 10.0. The van der Waals surface area contributed by atoms with Gasteiger partial charge in [0, 0.05) is 12.6 Å². The summed E-state index contributed by atoms with van der Waals surface area (Å²) in [6.07, 6.45) is 0.365. The van der Waals surface area contributed by atoms with Crippen LogP contribution in [0.25, 0.3) is 0 Å². The maximum atomic E-state index is 13.3. The first-order valence-corrected chi connectivity index (χ1v) is 4.87. The summed E-state index contributed by atoms with van der Waals surface area (Å²) in [5, 5.41) is 8.66. The SMILES string of the molecule is COc1cc(C(N)CCO)cc(F)c1Cl. The van der Waals surface area contributed by atoms with Crippen molar-refractivity contribution in [3.63, 3.8) is 0 Å². The van der Waals surface area contributed by atoms with E-state index in [0.717, 1.165) is 0 Å². The van der Waals surface area contributed by atoms with Gasteiger partial charge in [0.25, 0.3) is 0 Å². The summed E-state index contributed by atoms with van der Waals surface area (Å²) < 4.78 is 18.2. The highest BCUT2D eigenvalue weighted by Gasteiger charge is 2.13. The number of rotatable bonds is 4. The third-order valence-corrected chi connectivity index (χ3v) is 2.47. The van der Waals surface area contributed by atoms with Gasteiger partial charge in [-0.2, -0.15) is 0 Å².